The number of amidine groups is 1. The number of piperidine rings is 1. The average Bonchev–Trinajstić information content (AvgIpc) is 2.73. The Balaban J connectivity index is 1.54. The summed E-state index contributed by atoms with van der Waals surface area (Å²) in [6.07, 6.45) is 2.92. The molecule has 1 aliphatic heterocycles. The number of carbonyl (C=O) groups excluding carboxylic acids is 1. The molecule has 0 spiro atoms. The molecule has 0 bridgehead atoms. The van der Waals surface area contributed by atoms with Crippen LogP contribution >= 0.6 is 0 Å². The second-order valence-corrected chi connectivity index (χ2v) is 7.03. The first-order valence-electron chi connectivity index (χ1n) is 9.50. The van der Waals surface area contributed by atoms with Crippen LogP contribution in [0.25, 0.3) is 0 Å². The molecule has 1 aromatic carbocycles. The van der Waals surface area contributed by atoms with Crippen molar-refractivity contribution in [2.24, 2.45) is 16.8 Å². The molecule has 1 aliphatic rings. The van der Waals surface area contributed by atoms with Crippen molar-refractivity contribution in [3.8, 4) is 11.6 Å². The van der Waals surface area contributed by atoms with Crippen LogP contribution in [0.4, 0.5) is 0 Å². The quantitative estimate of drug-likeness (QED) is 0.471. The minimum atomic E-state index is -0.680. The number of benzene rings is 1. The SMILES string of the molecule is CC1CCN(C(=O)C(C)ON=C(N)c2ccc(Oc3ccccc3)nc2)CC1. The Labute approximate surface area is 165 Å². The summed E-state index contributed by atoms with van der Waals surface area (Å²) in [4.78, 5) is 23.8. The number of amides is 1. The fourth-order valence-corrected chi connectivity index (χ4v) is 2.92. The molecule has 148 valence electrons. The number of hydrogen-bond donors (Lipinski definition) is 1. The Morgan fingerprint density at radius 2 is 1.93 bits per heavy atom. The first-order valence-corrected chi connectivity index (χ1v) is 9.50. The molecule has 0 radical (unpaired) electrons. The van der Waals surface area contributed by atoms with Gasteiger partial charge in [-0.3, -0.25) is 4.79 Å². The molecule has 1 amide bonds. The maximum absolute atomic E-state index is 12.4. The summed E-state index contributed by atoms with van der Waals surface area (Å²) in [5.74, 6) is 1.91. The van der Waals surface area contributed by atoms with E-state index in [0.717, 1.165) is 25.9 Å². The highest BCUT2D eigenvalue weighted by Gasteiger charge is 2.25. The molecule has 1 aromatic heterocycles. The van der Waals surface area contributed by atoms with Crippen molar-refractivity contribution in [3.05, 3.63) is 54.2 Å². The first kappa shape index (κ1) is 19.7. The monoisotopic (exact) mass is 382 g/mol. The number of aromatic nitrogens is 1. The van der Waals surface area contributed by atoms with Gasteiger partial charge in [0.1, 0.15) is 5.75 Å². The van der Waals surface area contributed by atoms with Gasteiger partial charge in [-0.2, -0.15) is 0 Å². The van der Waals surface area contributed by atoms with Crippen molar-refractivity contribution < 1.29 is 14.4 Å². The lowest BCUT2D eigenvalue weighted by atomic mass is 9.99. The summed E-state index contributed by atoms with van der Waals surface area (Å²) < 4.78 is 5.64. The first-order chi connectivity index (χ1) is 13.5. The van der Waals surface area contributed by atoms with Crippen LogP contribution < -0.4 is 10.5 Å². The number of likely N-dealkylation sites (tertiary alicyclic amines) is 1. The van der Waals surface area contributed by atoms with E-state index in [1.807, 2.05) is 35.2 Å². The molecule has 1 unspecified atom stereocenters. The third-order valence-electron chi connectivity index (χ3n) is 4.75. The lowest BCUT2D eigenvalue weighted by Gasteiger charge is -2.31. The third-order valence-corrected chi connectivity index (χ3v) is 4.75. The number of para-hydroxylation sites is 1. The van der Waals surface area contributed by atoms with Gasteiger partial charge in [0.25, 0.3) is 5.91 Å². The largest absolute Gasteiger partial charge is 0.439 e. The molecule has 7 heteroatoms. The minimum absolute atomic E-state index is 0.0619. The zero-order chi connectivity index (χ0) is 19.9. The van der Waals surface area contributed by atoms with Crippen molar-refractivity contribution in [1.82, 2.24) is 9.88 Å². The van der Waals surface area contributed by atoms with Crippen molar-refractivity contribution in [2.45, 2.75) is 32.8 Å². The molecule has 2 N–H and O–H groups in total. The molecule has 1 fully saturated rings. The van der Waals surface area contributed by atoms with Gasteiger partial charge in [-0.25, -0.2) is 4.98 Å². The lowest BCUT2D eigenvalue weighted by Crippen LogP contribution is -2.43. The zero-order valence-electron chi connectivity index (χ0n) is 16.2. The van der Waals surface area contributed by atoms with Gasteiger partial charge in [0.2, 0.25) is 12.0 Å². The fraction of sp³-hybridized carbons (Fsp3) is 0.381. The van der Waals surface area contributed by atoms with Crippen molar-refractivity contribution in [2.75, 3.05) is 13.1 Å². The highest BCUT2D eigenvalue weighted by Crippen LogP contribution is 2.19. The van der Waals surface area contributed by atoms with Crippen LogP contribution in [0.2, 0.25) is 0 Å². The Hall–Kier alpha value is -3.09. The Morgan fingerprint density at radius 3 is 2.57 bits per heavy atom. The van der Waals surface area contributed by atoms with Gasteiger partial charge in [0, 0.05) is 30.9 Å². The maximum atomic E-state index is 12.4. The number of nitrogens with zero attached hydrogens (tertiary/aromatic N) is 3. The van der Waals surface area contributed by atoms with E-state index in [1.54, 1.807) is 25.3 Å². The minimum Gasteiger partial charge on any atom is -0.439 e. The summed E-state index contributed by atoms with van der Waals surface area (Å²) in [7, 11) is 0. The van der Waals surface area contributed by atoms with Crippen molar-refractivity contribution in [1.29, 1.82) is 0 Å². The molecule has 1 saturated heterocycles. The Kier molecular flexibility index (Phi) is 6.47. The number of rotatable bonds is 6. The summed E-state index contributed by atoms with van der Waals surface area (Å²) in [5, 5.41) is 3.90. The molecule has 28 heavy (non-hydrogen) atoms. The number of pyridine rings is 1. The standard InChI is InChI=1S/C21H26N4O3/c1-15-10-12-25(13-11-15)21(26)16(2)28-24-20(22)17-8-9-19(23-14-17)27-18-6-4-3-5-7-18/h3-9,14-16H,10-13H2,1-2H3,(H2,22,24). The number of hydrogen-bond acceptors (Lipinski definition) is 5. The fourth-order valence-electron chi connectivity index (χ4n) is 2.92. The van der Waals surface area contributed by atoms with Crippen LogP contribution in [0.3, 0.4) is 0 Å². The van der Waals surface area contributed by atoms with Gasteiger partial charge in [0.15, 0.2) is 5.84 Å². The second kappa shape index (κ2) is 9.21. The Morgan fingerprint density at radius 1 is 1.21 bits per heavy atom. The van der Waals surface area contributed by atoms with Gasteiger partial charge < -0.3 is 20.2 Å². The lowest BCUT2D eigenvalue weighted by molar-refractivity contribution is -0.143. The zero-order valence-corrected chi connectivity index (χ0v) is 16.2. The number of nitrogens with two attached hydrogens (primary N) is 1. The summed E-state index contributed by atoms with van der Waals surface area (Å²) in [6.45, 7) is 5.42. The predicted molar refractivity (Wildman–Crippen MR) is 107 cm³/mol. The smallest absolute Gasteiger partial charge is 0.266 e. The van der Waals surface area contributed by atoms with E-state index in [4.69, 9.17) is 15.3 Å². The van der Waals surface area contributed by atoms with Crippen molar-refractivity contribution in [3.63, 3.8) is 0 Å². The molecule has 1 atom stereocenters. The summed E-state index contributed by atoms with van der Waals surface area (Å²) in [6, 6.07) is 12.8. The van der Waals surface area contributed by atoms with Crippen LogP contribution in [0, 0.1) is 5.92 Å². The van der Waals surface area contributed by atoms with Gasteiger partial charge in [0.05, 0.1) is 0 Å². The van der Waals surface area contributed by atoms with Crippen LogP contribution in [0.1, 0.15) is 32.3 Å². The second-order valence-electron chi connectivity index (χ2n) is 7.03. The van der Waals surface area contributed by atoms with E-state index < -0.39 is 6.10 Å². The average molecular weight is 382 g/mol. The Bertz CT molecular complexity index is 800. The maximum Gasteiger partial charge on any atom is 0.266 e. The van der Waals surface area contributed by atoms with E-state index in [1.165, 1.54) is 0 Å². The molecular formula is C21H26N4O3. The topological polar surface area (TPSA) is 90.0 Å². The third kappa shape index (κ3) is 5.22. The van der Waals surface area contributed by atoms with E-state index in [2.05, 4.69) is 17.1 Å². The van der Waals surface area contributed by atoms with Crippen LogP contribution in [0.5, 0.6) is 11.6 Å². The normalized spacial score (nSPS) is 16.5. The van der Waals surface area contributed by atoms with Gasteiger partial charge in [-0.15, -0.1) is 0 Å². The summed E-state index contributed by atoms with van der Waals surface area (Å²) >= 11 is 0. The van der Waals surface area contributed by atoms with E-state index in [-0.39, 0.29) is 11.7 Å². The van der Waals surface area contributed by atoms with E-state index in [9.17, 15) is 4.79 Å². The molecule has 2 heterocycles. The van der Waals surface area contributed by atoms with E-state index in [0.29, 0.717) is 23.1 Å². The molecule has 7 nitrogen and oxygen atoms in total. The molecule has 0 aliphatic carbocycles. The van der Waals surface area contributed by atoms with Crippen molar-refractivity contribution >= 4 is 11.7 Å². The molecule has 3 rings (SSSR count). The molecule has 0 saturated carbocycles. The molecule has 2 aromatic rings. The van der Waals surface area contributed by atoms with Gasteiger partial charge in [-0.1, -0.05) is 30.3 Å². The van der Waals surface area contributed by atoms with Gasteiger partial charge >= 0.3 is 0 Å². The molecular weight excluding hydrogens is 356 g/mol. The highest BCUT2D eigenvalue weighted by molar-refractivity contribution is 5.96. The highest BCUT2D eigenvalue weighted by atomic mass is 16.6. The van der Waals surface area contributed by atoms with Crippen LogP contribution in [-0.2, 0) is 9.63 Å². The number of carbonyl (C=O) groups is 1. The van der Waals surface area contributed by atoms with Crippen LogP contribution in [-0.4, -0.2) is 40.8 Å². The predicted octanol–water partition coefficient (Wildman–Crippen LogP) is 3.16. The number of oxime groups is 1. The van der Waals surface area contributed by atoms with Gasteiger partial charge in [-0.05, 0) is 43.9 Å². The summed E-state index contributed by atoms with van der Waals surface area (Å²) in [5.41, 5.74) is 6.55. The number of ether oxygens (including phenoxy) is 1. The van der Waals surface area contributed by atoms with E-state index >= 15 is 0 Å². The van der Waals surface area contributed by atoms with Crippen LogP contribution in [0.15, 0.2) is 53.8 Å².